The van der Waals surface area contributed by atoms with Gasteiger partial charge in [0.1, 0.15) is 11.5 Å². The minimum atomic E-state index is -3.92. The summed E-state index contributed by atoms with van der Waals surface area (Å²) in [6.07, 6.45) is 3.41. The highest BCUT2D eigenvalue weighted by Gasteiger charge is 2.17. The molecule has 2 heterocycles. The molecular formula is C24H16Cl2FN5O3S. The van der Waals surface area contributed by atoms with Crippen LogP contribution in [0.15, 0.2) is 88.7 Å². The SMILES string of the molecule is O=S(=O)(Nc1ccc(Cn2cnc(-c3nc(-c4ccc(Cl)cc4)no3)c2)cc1)c1ccc(F)c(Cl)c1. The fourth-order valence-electron chi connectivity index (χ4n) is 3.35. The van der Waals surface area contributed by atoms with Crippen LogP contribution in [0.25, 0.3) is 23.0 Å². The van der Waals surface area contributed by atoms with Crippen LogP contribution >= 0.6 is 23.2 Å². The molecule has 0 aliphatic heterocycles. The number of rotatable bonds is 7. The van der Waals surface area contributed by atoms with E-state index in [1.165, 1.54) is 0 Å². The number of halogens is 3. The quantitative estimate of drug-likeness (QED) is 0.274. The number of benzene rings is 3. The van der Waals surface area contributed by atoms with E-state index < -0.39 is 15.8 Å². The molecule has 1 N–H and O–H groups in total. The standard InChI is InChI=1S/C24H16Cl2FN5O3S/c25-17-5-3-16(4-6-17)23-29-24(35-30-23)22-13-32(14-28-22)12-15-1-7-18(8-2-15)31-36(33,34)19-9-10-21(27)20(26)11-19/h1-11,13-14,31H,12H2. The average Bonchev–Trinajstić information content (AvgIpc) is 3.52. The molecule has 3 aromatic carbocycles. The number of nitrogens with one attached hydrogen (secondary N) is 1. The van der Waals surface area contributed by atoms with Crippen molar-refractivity contribution in [2.75, 3.05) is 4.72 Å². The molecule has 12 heteroatoms. The van der Waals surface area contributed by atoms with Gasteiger partial charge in [0.25, 0.3) is 15.9 Å². The van der Waals surface area contributed by atoms with Crippen molar-refractivity contribution in [1.29, 1.82) is 0 Å². The maximum Gasteiger partial charge on any atom is 0.278 e. The van der Waals surface area contributed by atoms with Crippen LogP contribution in [0.1, 0.15) is 5.56 Å². The average molecular weight is 544 g/mol. The van der Waals surface area contributed by atoms with Crippen molar-refractivity contribution in [3.63, 3.8) is 0 Å². The second-order valence-corrected chi connectivity index (χ2v) is 10.3. The van der Waals surface area contributed by atoms with Crippen LogP contribution in [0.3, 0.4) is 0 Å². The first-order chi connectivity index (χ1) is 17.3. The highest BCUT2D eigenvalue weighted by molar-refractivity contribution is 7.92. The number of sulfonamides is 1. The first-order valence-corrected chi connectivity index (χ1v) is 12.7. The molecule has 182 valence electrons. The monoisotopic (exact) mass is 543 g/mol. The van der Waals surface area contributed by atoms with Gasteiger partial charge in [-0.25, -0.2) is 17.8 Å². The van der Waals surface area contributed by atoms with Crippen molar-refractivity contribution < 1.29 is 17.3 Å². The Kier molecular flexibility index (Phi) is 6.48. The molecule has 0 saturated carbocycles. The van der Waals surface area contributed by atoms with Crippen LogP contribution in [0.5, 0.6) is 0 Å². The van der Waals surface area contributed by atoms with Crippen molar-refractivity contribution >= 4 is 38.9 Å². The van der Waals surface area contributed by atoms with E-state index in [1.807, 2.05) is 4.57 Å². The summed E-state index contributed by atoms with van der Waals surface area (Å²) in [4.78, 5) is 8.59. The molecule has 36 heavy (non-hydrogen) atoms. The summed E-state index contributed by atoms with van der Waals surface area (Å²) in [6, 6.07) is 17.1. The topological polar surface area (TPSA) is 103 Å². The van der Waals surface area contributed by atoms with Gasteiger partial charge in [-0.2, -0.15) is 4.98 Å². The molecule has 0 unspecified atom stereocenters. The molecule has 8 nitrogen and oxygen atoms in total. The van der Waals surface area contributed by atoms with E-state index in [9.17, 15) is 12.8 Å². The lowest BCUT2D eigenvalue weighted by atomic mass is 10.2. The van der Waals surface area contributed by atoms with Gasteiger partial charge in [0.2, 0.25) is 5.82 Å². The van der Waals surface area contributed by atoms with E-state index in [0.29, 0.717) is 28.8 Å². The zero-order chi connectivity index (χ0) is 25.3. The van der Waals surface area contributed by atoms with E-state index in [2.05, 4.69) is 19.8 Å². The molecule has 0 aliphatic carbocycles. The summed E-state index contributed by atoms with van der Waals surface area (Å²) in [5, 5.41) is 4.34. The van der Waals surface area contributed by atoms with Gasteiger partial charge in [-0.15, -0.1) is 0 Å². The molecule has 5 rings (SSSR count). The largest absolute Gasteiger partial charge is 0.332 e. The van der Waals surface area contributed by atoms with Crippen molar-refractivity contribution in [2.24, 2.45) is 0 Å². The Morgan fingerprint density at radius 1 is 1.00 bits per heavy atom. The Hall–Kier alpha value is -3.73. The van der Waals surface area contributed by atoms with Gasteiger partial charge in [-0.05, 0) is 60.2 Å². The van der Waals surface area contributed by atoms with Gasteiger partial charge < -0.3 is 9.09 Å². The summed E-state index contributed by atoms with van der Waals surface area (Å²) in [5.41, 5.74) is 2.54. The Morgan fingerprint density at radius 2 is 1.75 bits per heavy atom. The Labute approximate surface area is 215 Å². The van der Waals surface area contributed by atoms with Gasteiger partial charge in [-0.1, -0.05) is 40.5 Å². The summed E-state index contributed by atoms with van der Waals surface area (Å²) < 4.78 is 48.1. The van der Waals surface area contributed by atoms with E-state index in [4.69, 9.17) is 27.7 Å². The van der Waals surface area contributed by atoms with Gasteiger partial charge in [0, 0.05) is 29.0 Å². The van der Waals surface area contributed by atoms with Crippen LogP contribution in [-0.2, 0) is 16.6 Å². The van der Waals surface area contributed by atoms with Crippen LogP contribution in [0.4, 0.5) is 10.1 Å². The van der Waals surface area contributed by atoms with Gasteiger partial charge in [0.15, 0.2) is 0 Å². The lowest BCUT2D eigenvalue weighted by molar-refractivity contribution is 0.431. The summed E-state index contributed by atoms with van der Waals surface area (Å²) >= 11 is 11.6. The van der Waals surface area contributed by atoms with Crippen LogP contribution in [0, 0.1) is 5.82 Å². The van der Waals surface area contributed by atoms with Gasteiger partial charge in [-0.3, -0.25) is 4.72 Å². The lowest BCUT2D eigenvalue weighted by Crippen LogP contribution is -2.13. The molecule has 0 spiro atoms. The Bertz CT molecular complexity index is 1640. The molecule has 0 amide bonds. The molecule has 0 fully saturated rings. The van der Waals surface area contributed by atoms with E-state index in [1.54, 1.807) is 61.1 Å². The maximum atomic E-state index is 13.3. The number of aromatic nitrogens is 4. The number of anilines is 1. The first-order valence-electron chi connectivity index (χ1n) is 10.5. The predicted octanol–water partition coefficient (Wildman–Crippen LogP) is 5.90. The minimum Gasteiger partial charge on any atom is -0.332 e. The number of nitrogens with zero attached hydrogens (tertiary/aromatic N) is 4. The molecule has 2 aromatic heterocycles. The molecule has 0 saturated heterocycles. The van der Waals surface area contributed by atoms with Crippen LogP contribution < -0.4 is 4.72 Å². The Balaban J connectivity index is 1.25. The summed E-state index contributed by atoms with van der Waals surface area (Å²) in [5.74, 6) is 0.0187. The third kappa shape index (κ3) is 5.25. The third-order valence-corrected chi connectivity index (χ3v) is 7.07. The van der Waals surface area contributed by atoms with E-state index in [0.717, 1.165) is 29.3 Å². The second kappa shape index (κ2) is 9.73. The van der Waals surface area contributed by atoms with Crippen molar-refractivity contribution in [3.8, 4) is 23.0 Å². The molecule has 0 atom stereocenters. The predicted molar refractivity (Wildman–Crippen MR) is 134 cm³/mol. The molecular weight excluding hydrogens is 528 g/mol. The fourth-order valence-corrected chi connectivity index (χ4v) is 4.80. The van der Waals surface area contributed by atoms with E-state index in [-0.39, 0.29) is 15.8 Å². The van der Waals surface area contributed by atoms with Crippen molar-refractivity contribution in [2.45, 2.75) is 11.4 Å². The fraction of sp³-hybridized carbons (Fsp3) is 0.0417. The zero-order valence-electron chi connectivity index (χ0n) is 18.3. The van der Waals surface area contributed by atoms with Crippen molar-refractivity contribution in [3.05, 3.63) is 101 Å². The molecule has 5 aromatic rings. The van der Waals surface area contributed by atoms with Crippen LogP contribution in [-0.4, -0.2) is 28.1 Å². The minimum absolute atomic E-state index is 0.135. The number of imidazole rings is 1. The summed E-state index contributed by atoms with van der Waals surface area (Å²) in [7, 11) is -3.92. The second-order valence-electron chi connectivity index (χ2n) is 7.74. The number of hydrogen-bond acceptors (Lipinski definition) is 6. The molecule has 0 bridgehead atoms. The smallest absolute Gasteiger partial charge is 0.278 e. The van der Waals surface area contributed by atoms with Crippen molar-refractivity contribution in [1.82, 2.24) is 19.7 Å². The zero-order valence-corrected chi connectivity index (χ0v) is 20.6. The maximum absolute atomic E-state index is 13.3. The Morgan fingerprint density at radius 3 is 2.47 bits per heavy atom. The number of hydrogen-bond donors (Lipinski definition) is 1. The van der Waals surface area contributed by atoms with Crippen LogP contribution in [0.2, 0.25) is 10.0 Å². The van der Waals surface area contributed by atoms with E-state index >= 15 is 0 Å². The normalized spacial score (nSPS) is 11.5. The highest BCUT2D eigenvalue weighted by atomic mass is 35.5. The molecule has 0 radical (unpaired) electrons. The lowest BCUT2D eigenvalue weighted by Gasteiger charge is -2.10. The molecule has 0 aliphatic rings. The van der Waals surface area contributed by atoms with Gasteiger partial charge >= 0.3 is 0 Å². The summed E-state index contributed by atoms with van der Waals surface area (Å²) in [6.45, 7) is 0.478. The first kappa shape index (κ1) is 24.0. The van der Waals surface area contributed by atoms with Gasteiger partial charge in [0.05, 0.1) is 16.2 Å². The third-order valence-electron chi connectivity index (χ3n) is 5.15. The highest BCUT2D eigenvalue weighted by Crippen LogP contribution is 2.24.